The molecule has 0 radical (unpaired) electrons. The van der Waals surface area contributed by atoms with E-state index in [-0.39, 0.29) is 11.3 Å². The number of aromatic nitrogens is 1. The van der Waals surface area contributed by atoms with Crippen LogP contribution in [0, 0.1) is 6.92 Å². The molecule has 23 heavy (non-hydrogen) atoms. The fraction of sp³-hybridized carbons (Fsp3) is 0.188. The first-order chi connectivity index (χ1) is 10.9. The van der Waals surface area contributed by atoms with Crippen LogP contribution in [-0.2, 0) is 6.54 Å². The van der Waals surface area contributed by atoms with Crippen LogP contribution in [0.15, 0.2) is 39.5 Å². The van der Waals surface area contributed by atoms with Crippen molar-refractivity contribution in [3.8, 4) is 0 Å². The van der Waals surface area contributed by atoms with Crippen LogP contribution in [0.3, 0.4) is 0 Å². The maximum absolute atomic E-state index is 11.6. The molecule has 6 nitrogen and oxygen atoms in total. The van der Waals surface area contributed by atoms with Crippen molar-refractivity contribution >= 4 is 32.9 Å². The number of aryl methyl sites for hydroxylation is 1. The van der Waals surface area contributed by atoms with Gasteiger partial charge in [-0.15, -0.1) is 0 Å². The first-order valence-electron chi connectivity index (χ1n) is 6.88. The Morgan fingerprint density at radius 3 is 2.70 bits per heavy atom. The summed E-state index contributed by atoms with van der Waals surface area (Å²) in [5.74, 6) is -1.30. The zero-order valence-electron chi connectivity index (χ0n) is 12.6. The van der Waals surface area contributed by atoms with Crippen molar-refractivity contribution in [2.45, 2.75) is 13.5 Å². The van der Waals surface area contributed by atoms with Gasteiger partial charge in [0.05, 0.1) is 4.70 Å². The van der Waals surface area contributed by atoms with E-state index in [1.165, 1.54) is 23.0 Å². The van der Waals surface area contributed by atoms with Crippen molar-refractivity contribution in [2.75, 3.05) is 11.9 Å². The summed E-state index contributed by atoms with van der Waals surface area (Å²) in [5.41, 5.74) is 1.22. The van der Waals surface area contributed by atoms with Crippen LogP contribution in [0.4, 0.5) is 5.13 Å². The van der Waals surface area contributed by atoms with E-state index in [9.17, 15) is 9.59 Å². The molecular weight excluding hydrogens is 316 g/mol. The van der Waals surface area contributed by atoms with Crippen LogP contribution in [0.25, 0.3) is 10.4 Å². The fourth-order valence-electron chi connectivity index (χ4n) is 2.15. The van der Waals surface area contributed by atoms with Crippen molar-refractivity contribution in [1.29, 1.82) is 0 Å². The zero-order chi connectivity index (χ0) is 16.6. The Bertz CT molecular complexity index is 927. The summed E-state index contributed by atoms with van der Waals surface area (Å²) in [6.45, 7) is 2.68. The van der Waals surface area contributed by atoms with E-state index in [1.54, 1.807) is 0 Å². The lowest BCUT2D eigenvalue weighted by atomic mass is 10.1. The van der Waals surface area contributed by atoms with Gasteiger partial charge in [-0.1, -0.05) is 41.2 Å². The molecule has 3 aromatic rings. The van der Waals surface area contributed by atoms with Gasteiger partial charge >= 0.3 is 11.6 Å². The lowest BCUT2D eigenvalue weighted by Gasteiger charge is -2.15. The van der Waals surface area contributed by atoms with Crippen molar-refractivity contribution < 1.29 is 14.3 Å². The Morgan fingerprint density at radius 2 is 2.04 bits per heavy atom. The molecule has 1 aromatic carbocycles. The number of hydrogen-bond donors (Lipinski definition) is 1. The van der Waals surface area contributed by atoms with E-state index in [4.69, 9.17) is 9.52 Å². The van der Waals surface area contributed by atoms with Crippen molar-refractivity contribution in [3.63, 3.8) is 0 Å². The SMILES string of the molecule is Cc1ccc(CN(C)c2nc3oc(=O)c(C(=O)O)cc3s2)cc1. The van der Waals surface area contributed by atoms with Gasteiger partial charge in [-0.05, 0) is 18.6 Å². The van der Waals surface area contributed by atoms with Crippen molar-refractivity contribution in [2.24, 2.45) is 0 Å². The van der Waals surface area contributed by atoms with Gasteiger partial charge in [-0.3, -0.25) is 0 Å². The molecule has 0 fully saturated rings. The average Bonchev–Trinajstić information content (AvgIpc) is 2.91. The summed E-state index contributed by atoms with van der Waals surface area (Å²) in [6, 6.07) is 9.48. The van der Waals surface area contributed by atoms with Crippen LogP contribution in [-0.4, -0.2) is 23.1 Å². The van der Waals surface area contributed by atoms with Crippen LogP contribution in [0.1, 0.15) is 21.5 Å². The predicted molar refractivity (Wildman–Crippen MR) is 88.4 cm³/mol. The third-order valence-electron chi connectivity index (χ3n) is 3.39. The molecule has 7 heteroatoms. The molecule has 118 valence electrons. The lowest BCUT2D eigenvalue weighted by Crippen LogP contribution is -2.16. The highest BCUT2D eigenvalue weighted by atomic mass is 32.1. The van der Waals surface area contributed by atoms with Gasteiger partial charge in [-0.25, -0.2) is 9.59 Å². The number of hydrogen-bond acceptors (Lipinski definition) is 6. The number of carboxylic acid groups (broad SMARTS) is 1. The lowest BCUT2D eigenvalue weighted by molar-refractivity contribution is 0.0692. The molecule has 0 aliphatic heterocycles. The molecule has 0 aliphatic rings. The van der Waals surface area contributed by atoms with Gasteiger partial charge in [0.2, 0.25) is 5.71 Å². The second-order valence-electron chi connectivity index (χ2n) is 5.26. The molecule has 0 atom stereocenters. The molecule has 0 aliphatic carbocycles. The summed E-state index contributed by atoms with van der Waals surface area (Å²) in [7, 11) is 1.88. The molecular formula is C16H14N2O4S. The highest BCUT2D eigenvalue weighted by molar-refractivity contribution is 7.22. The minimum Gasteiger partial charge on any atom is -0.477 e. The highest BCUT2D eigenvalue weighted by Crippen LogP contribution is 2.28. The molecule has 0 bridgehead atoms. The monoisotopic (exact) mass is 330 g/mol. The minimum absolute atomic E-state index is 0.163. The van der Waals surface area contributed by atoms with Gasteiger partial charge in [0.1, 0.15) is 5.56 Å². The van der Waals surface area contributed by atoms with Gasteiger partial charge in [0.25, 0.3) is 0 Å². The summed E-state index contributed by atoms with van der Waals surface area (Å²) in [5, 5.41) is 9.63. The number of aromatic carboxylic acids is 1. The number of anilines is 1. The number of nitrogens with zero attached hydrogens (tertiary/aromatic N) is 2. The number of fused-ring (bicyclic) bond motifs is 1. The van der Waals surface area contributed by atoms with Crippen LogP contribution >= 0.6 is 11.3 Å². The molecule has 1 N–H and O–H groups in total. The molecule has 2 heterocycles. The maximum atomic E-state index is 11.6. The van der Waals surface area contributed by atoms with E-state index in [0.717, 1.165) is 5.56 Å². The first-order valence-corrected chi connectivity index (χ1v) is 7.70. The van der Waals surface area contributed by atoms with Gasteiger partial charge in [0, 0.05) is 13.6 Å². The first kappa shape index (κ1) is 15.2. The number of carboxylic acids is 1. The Kier molecular flexibility index (Phi) is 3.87. The number of thiazole rings is 1. The van der Waals surface area contributed by atoms with Crippen molar-refractivity contribution in [3.05, 3.63) is 57.4 Å². The molecule has 3 rings (SSSR count). The van der Waals surface area contributed by atoms with E-state index in [2.05, 4.69) is 4.98 Å². The quantitative estimate of drug-likeness (QED) is 0.792. The second kappa shape index (κ2) is 5.85. The van der Waals surface area contributed by atoms with Gasteiger partial charge < -0.3 is 14.4 Å². The predicted octanol–water partition coefficient (Wildman–Crippen LogP) is 2.89. The van der Waals surface area contributed by atoms with Gasteiger partial charge in [-0.2, -0.15) is 4.98 Å². The van der Waals surface area contributed by atoms with Gasteiger partial charge in [0.15, 0.2) is 5.13 Å². The topological polar surface area (TPSA) is 83.6 Å². The normalized spacial score (nSPS) is 10.9. The largest absolute Gasteiger partial charge is 0.477 e. The number of rotatable bonds is 4. The van der Waals surface area contributed by atoms with E-state index in [0.29, 0.717) is 16.4 Å². The molecule has 0 spiro atoms. The summed E-state index contributed by atoms with van der Waals surface area (Å²) in [6.07, 6.45) is 0. The molecule has 2 aromatic heterocycles. The standard InChI is InChI=1S/C16H14N2O4S/c1-9-3-5-10(6-4-9)8-18(2)16-17-13-12(23-16)7-11(14(19)20)15(21)22-13/h3-7H,8H2,1-2H3,(H,19,20). The third-order valence-corrected chi connectivity index (χ3v) is 4.49. The molecule has 0 amide bonds. The Balaban J connectivity index is 1.91. The number of carbonyl (C=O) groups is 1. The Morgan fingerprint density at radius 1 is 1.35 bits per heavy atom. The van der Waals surface area contributed by atoms with E-state index in [1.807, 2.05) is 43.1 Å². The fourth-order valence-corrected chi connectivity index (χ4v) is 3.05. The molecule has 0 saturated heterocycles. The maximum Gasteiger partial charge on any atom is 0.352 e. The highest BCUT2D eigenvalue weighted by Gasteiger charge is 2.16. The van der Waals surface area contributed by atoms with Crippen molar-refractivity contribution in [1.82, 2.24) is 4.98 Å². The Hall–Kier alpha value is -2.67. The van der Waals surface area contributed by atoms with Crippen LogP contribution in [0.5, 0.6) is 0 Å². The average molecular weight is 330 g/mol. The zero-order valence-corrected chi connectivity index (χ0v) is 13.4. The molecule has 0 unspecified atom stereocenters. The molecule has 0 saturated carbocycles. The summed E-state index contributed by atoms with van der Waals surface area (Å²) in [4.78, 5) is 28.8. The van der Waals surface area contributed by atoms with Crippen LogP contribution < -0.4 is 10.5 Å². The second-order valence-corrected chi connectivity index (χ2v) is 6.27. The summed E-state index contributed by atoms with van der Waals surface area (Å²) < 4.78 is 5.52. The van der Waals surface area contributed by atoms with E-state index >= 15 is 0 Å². The Labute approximate surface area is 135 Å². The van der Waals surface area contributed by atoms with Crippen LogP contribution in [0.2, 0.25) is 0 Å². The number of benzene rings is 1. The minimum atomic E-state index is -1.30. The third kappa shape index (κ3) is 3.09. The smallest absolute Gasteiger partial charge is 0.352 e. The van der Waals surface area contributed by atoms with E-state index < -0.39 is 11.6 Å². The summed E-state index contributed by atoms with van der Waals surface area (Å²) >= 11 is 1.29.